The molecule has 3 amide bonds. The maximum Gasteiger partial charge on any atom is 0.319 e. The second kappa shape index (κ2) is 5.55. The van der Waals surface area contributed by atoms with Gasteiger partial charge in [0.05, 0.1) is 31.0 Å². The lowest BCUT2D eigenvalue weighted by atomic mass is 9.95. The molecule has 2 N–H and O–H groups in total. The Morgan fingerprint density at radius 2 is 2.18 bits per heavy atom. The topological polar surface area (TPSA) is 70.7 Å². The third-order valence-corrected chi connectivity index (χ3v) is 3.82. The minimum atomic E-state index is -0.512. The number of carbonyl (C=O) groups is 2. The van der Waals surface area contributed by atoms with Gasteiger partial charge in [-0.15, -0.1) is 6.58 Å². The number of ether oxygens (including phenoxy) is 1. The highest BCUT2D eigenvalue weighted by atomic mass is 16.5. The fourth-order valence-corrected chi connectivity index (χ4v) is 2.87. The van der Waals surface area contributed by atoms with Crippen LogP contribution in [0.15, 0.2) is 48.2 Å². The quantitative estimate of drug-likeness (QED) is 0.824. The van der Waals surface area contributed by atoms with E-state index in [4.69, 9.17) is 4.74 Å². The Hall–Kier alpha value is -2.76. The van der Waals surface area contributed by atoms with E-state index in [1.165, 1.54) is 0 Å². The van der Waals surface area contributed by atoms with Crippen molar-refractivity contribution in [2.24, 2.45) is 0 Å². The molecule has 1 atom stereocenters. The van der Waals surface area contributed by atoms with Gasteiger partial charge in [-0.25, -0.2) is 4.79 Å². The van der Waals surface area contributed by atoms with Crippen molar-refractivity contribution in [3.05, 3.63) is 53.8 Å². The number of benzene rings is 1. The van der Waals surface area contributed by atoms with Crippen LogP contribution in [0.25, 0.3) is 0 Å². The van der Waals surface area contributed by atoms with Gasteiger partial charge in [0.2, 0.25) is 0 Å². The van der Waals surface area contributed by atoms with Gasteiger partial charge in [0.15, 0.2) is 0 Å². The highest BCUT2D eigenvalue weighted by Gasteiger charge is 2.40. The number of hydrogen-bond donors (Lipinski definition) is 2. The van der Waals surface area contributed by atoms with E-state index in [2.05, 4.69) is 17.2 Å². The summed E-state index contributed by atoms with van der Waals surface area (Å²) in [6.45, 7) is 4.49. The predicted molar refractivity (Wildman–Crippen MR) is 81.2 cm³/mol. The first-order valence-electron chi connectivity index (χ1n) is 6.99. The van der Waals surface area contributed by atoms with Crippen LogP contribution in [0, 0.1) is 0 Å². The fourth-order valence-electron chi connectivity index (χ4n) is 2.87. The van der Waals surface area contributed by atoms with Crippen molar-refractivity contribution in [2.45, 2.75) is 6.04 Å². The summed E-state index contributed by atoms with van der Waals surface area (Å²) in [5.41, 5.74) is 1.97. The number of urea groups is 1. The van der Waals surface area contributed by atoms with Crippen LogP contribution in [0.4, 0.5) is 4.79 Å². The minimum absolute atomic E-state index is 0.0988. The summed E-state index contributed by atoms with van der Waals surface area (Å²) >= 11 is 0. The largest absolute Gasteiger partial charge is 0.496 e. The number of nitrogens with zero attached hydrogens (tertiary/aromatic N) is 1. The van der Waals surface area contributed by atoms with Crippen LogP contribution in [-0.4, -0.2) is 37.0 Å². The van der Waals surface area contributed by atoms with Crippen molar-refractivity contribution < 1.29 is 14.3 Å². The van der Waals surface area contributed by atoms with Gasteiger partial charge in [-0.1, -0.05) is 24.3 Å². The maximum atomic E-state index is 12.6. The van der Waals surface area contributed by atoms with Gasteiger partial charge in [-0.3, -0.25) is 4.79 Å². The first-order valence-corrected chi connectivity index (χ1v) is 6.99. The second-order valence-corrected chi connectivity index (χ2v) is 5.14. The molecular formula is C16H17N3O3. The number of para-hydroxylation sites is 1. The number of hydrogen-bond acceptors (Lipinski definition) is 3. The lowest BCUT2D eigenvalue weighted by Gasteiger charge is -2.26. The molecule has 1 aromatic rings. The third-order valence-electron chi connectivity index (χ3n) is 3.82. The third kappa shape index (κ3) is 2.22. The zero-order valence-electron chi connectivity index (χ0n) is 12.3. The number of nitrogens with one attached hydrogen (secondary N) is 2. The van der Waals surface area contributed by atoms with Crippen molar-refractivity contribution >= 4 is 11.9 Å². The molecule has 2 heterocycles. The molecule has 114 valence electrons. The molecule has 3 rings (SSSR count). The number of rotatable bonds is 4. The summed E-state index contributed by atoms with van der Waals surface area (Å²) in [7, 11) is 1.57. The Morgan fingerprint density at radius 3 is 2.91 bits per heavy atom. The van der Waals surface area contributed by atoms with Crippen LogP contribution in [0.2, 0.25) is 0 Å². The predicted octanol–water partition coefficient (Wildman–Crippen LogP) is 1.33. The van der Waals surface area contributed by atoms with Gasteiger partial charge in [0, 0.05) is 12.1 Å². The van der Waals surface area contributed by atoms with Crippen LogP contribution < -0.4 is 15.4 Å². The van der Waals surface area contributed by atoms with Gasteiger partial charge in [-0.05, 0) is 6.07 Å². The molecule has 0 saturated carbocycles. The number of carbonyl (C=O) groups excluding carboxylic acids is 2. The molecule has 1 aromatic carbocycles. The Balaban J connectivity index is 2.04. The molecule has 0 fully saturated rings. The molecule has 0 spiro atoms. The zero-order chi connectivity index (χ0) is 15.7. The van der Waals surface area contributed by atoms with Gasteiger partial charge >= 0.3 is 6.03 Å². The van der Waals surface area contributed by atoms with Crippen LogP contribution in [-0.2, 0) is 4.79 Å². The highest BCUT2D eigenvalue weighted by Crippen LogP contribution is 2.36. The normalized spacial score (nSPS) is 20.4. The van der Waals surface area contributed by atoms with Crippen LogP contribution in [0.1, 0.15) is 11.6 Å². The fraction of sp³-hybridized carbons (Fsp3) is 0.250. The van der Waals surface area contributed by atoms with E-state index in [0.29, 0.717) is 30.1 Å². The van der Waals surface area contributed by atoms with Crippen LogP contribution in [0.5, 0.6) is 5.75 Å². The van der Waals surface area contributed by atoms with E-state index in [1.807, 2.05) is 24.3 Å². The first-order chi connectivity index (χ1) is 10.7. The summed E-state index contributed by atoms with van der Waals surface area (Å²) in [5.74, 6) is 0.537. The van der Waals surface area contributed by atoms with Crippen molar-refractivity contribution in [1.82, 2.24) is 15.5 Å². The molecule has 0 radical (unpaired) electrons. The first kappa shape index (κ1) is 14.2. The van der Waals surface area contributed by atoms with E-state index >= 15 is 0 Å². The van der Waals surface area contributed by atoms with E-state index in [-0.39, 0.29) is 11.9 Å². The Morgan fingerprint density at radius 1 is 1.41 bits per heavy atom. The molecule has 2 aliphatic heterocycles. The number of methoxy groups -OCH3 is 1. The van der Waals surface area contributed by atoms with Crippen molar-refractivity contribution in [3.63, 3.8) is 0 Å². The number of amides is 3. The SMILES string of the molecule is C=CCN1CC2=C(C1=O)[C@@H](c1ccccc1OC)NC(=O)N2. The Bertz CT molecular complexity index is 681. The molecule has 0 aliphatic carbocycles. The molecule has 6 heteroatoms. The summed E-state index contributed by atoms with van der Waals surface area (Å²) in [6.07, 6.45) is 1.67. The Labute approximate surface area is 128 Å². The van der Waals surface area contributed by atoms with E-state index in [1.54, 1.807) is 18.1 Å². The second-order valence-electron chi connectivity index (χ2n) is 5.14. The summed E-state index contributed by atoms with van der Waals surface area (Å²) < 4.78 is 5.36. The molecule has 22 heavy (non-hydrogen) atoms. The smallest absolute Gasteiger partial charge is 0.319 e. The van der Waals surface area contributed by atoms with Gasteiger partial charge in [-0.2, -0.15) is 0 Å². The highest BCUT2D eigenvalue weighted by molar-refractivity contribution is 6.01. The summed E-state index contributed by atoms with van der Waals surface area (Å²) in [5, 5.41) is 5.54. The van der Waals surface area contributed by atoms with Crippen molar-refractivity contribution in [2.75, 3.05) is 20.2 Å². The molecule has 0 bridgehead atoms. The molecule has 0 unspecified atom stereocenters. The van der Waals surface area contributed by atoms with E-state index < -0.39 is 6.04 Å². The maximum absolute atomic E-state index is 12.6. The average Bonchev–Trinajstić information content (AvgIpc) is 2.83. The van der Waals surface area contributed by atoms with Crippen LogP contribution >= 0.6 is 0 Å². The van der Waals surface area contributed by atoms with E-state index in [9.17, 15) is 9.59 Å². The molecule has 2 aliphatic rings. The van der Waals surface area contributed by atoms with Gasteiger partial charge in [0.25, 0.3) is 5.91 Å². The minimum Gasteiger partial charge on any atom is -0.496 e. The van der Waals surface area contributed by atoms with Crippen LogP contribution in [0.3, 0.4) is 0 Å². The monoisotopic (exact) mass is 299 g/mol. The van der Waals surface area contributed by atoms with Gasteiger partial charge in [0.1, 0.15) is 5.75 Å². The van der Waals surface area contributed by atoms with Gasteiger partial charge < -0.3 is 20.3 Å². The summed E-state index contributed by atoms with van der Waals surface area (Å²) in [6, 6.07) is 6.53. The van der Waals surface area contributed by atoms with Crippen molar-refractivity contribution in [3.8, 4) is 5.75 Å². The lowest BCUT2D eigenvalue weighted by Crippen LogP contribution is -2.44. The van der Waals surface area contributed by atoms with Crippen molar-refractivity contribution in [1.29, 1.82) is 0 Å². The molecule has 0 aromatic heterocycles. The Kier molecular flexibility index (Phi) is 3.58. The molecular weight excluding hydrogens is 282 g/mol. The zero-order valence-corrected chi connectivity index (χ0v) is 12.3. The van der Waals surface area contributed by atoms with E-state index in [0.717, 1.165) is 5.56 Å². The molecule has 6 nitrogen and oxygen atoms in total. The summed E-state index contributed by atoms with van der Waals surface area (Å²) in [4.78, 5) is 26.2. The standard InChI is InChI=1S/C16H17N3O3/c1-3-8-19-9-11-13(15(19)20)14(18-16(21)17-11)10-6-4-5-7-12(10)22-2/h3-7,14H,1,8-9H2,2H3,(H2,17,18,21)/t14-/m1/s1. The average molecular weight is 299 g/mol. The molecule has 0 saturated heterocycles. The lowest BCUT2D eigenvalue weighted by molar-refractivity contribution is -0.125.